The molecule has 1 aliphatic heterocycles. The smallest absolute Gasteiger partial charge is 0.248 e. The van der Waals surface area contributed by atoms with Crippen LogP contribution in [0.4, 0.5) is 0 Å². The molecule has 8 nitrogen and oxygen atoms in total. The highest BCUT2D eigenvalue weighted by Gasteiger charge is 2.41. The summed E-state index contributed by atoms with van der Waals surface area (Å²) in [6.45, 7) is 14.3. The van der Waals surface area contributed by atoms with Gasteiger partial charge in [0, 0.05) is 30.6 Å². The van der Waals surface area contributed by atoms with Crippen molar-refractivity contribution in [2.24, 2.45) is 0 Å². The number of hydrogen-bond donors (Lipinski definition) is 5. The van der Waals surface area contributed by atoms with Crippen LogP contribution in [0.5, 0.6) is 5.75 Å². The fourth-order valence-corrected chi connectivity index (χ4v) is 6.73. The van der Waals surface area contributed by atoms with Crippen molar-refractivity contribution < 1.29 is 19.4 Å². The topological polar surface area (TPSA) is 116 Å². The van der Waals surface area contributed by atoms with Crippen molar-refractivity contribution in [1.82, 2.24) is 15.6 Å². The van der Waals surface area contributed by atoms with E-state index in [1.165, 1.54) is 6.07 Å². The van der Waals surface area contributed by atoms with E-state index < -0.39 is 13.9 Å². The first-order chi connectivity index (χ1) is 19.9. The van der Waals surface area contributed by atoms with Crippen LogP contribution in [-0.2, 0) is 15.8 Å². The average molecular weight is 596 g/mol. The molecule has 1 saturated heterocycles. The van der Waals surface area contributed by atoms with Gasteiger partial charge in [-0.25, -0.2) is 0 Å². The molecule has 0 aliphatic carbocycles. The number of H-pyrrole nitrogens is 1. The number of hydrogen-bond acceptors (Lipinski definition) is 7. The number of benzene rings is 2. The van der Waals surface area contributed by atoms with Crippen LogP contribution in [0.3, 0.4) is 0 Å². The Morgan fingerprint density at radius 1 is 1.05 bits per heavy atom. The van der Waals surface area contributed by atoms with E-state index in [1.807, 2.05) is 24.3 Å². The summed E-state index contributed by atoms with van der Waals surface area (Å²) in [6.07, 6.45) is 2.58. The lowest BCUT2D eigenvalue weighted by Gasteiger charge is -2.42. The zero-order valence-corrected chi connectivity index (χ0v) is 26.8. The van der Waals surface area contributed by atoms with Crippen LogP contribution in [-0.4, -0.2) is 61.4 Å². The third-order valence-electron chi connectivity index (χ3n) is 9.06. The number of aliphatic hydroxyl groups is 1. The Bertz CT molecular complexity index is 1350. The Balaban J connectivity index is 1.56. The van der Waals surface area contributed by atoms with Gasteiger partial charge in [-0.05, 0) is 80.2 Å². The molecule has 1 aromatic heterocycles. The summed E-state index contributed by atoms with van der Waals surface area (Å²) in [6, 6.07) is 16.8. The van der Waals surface area contributed by atoms with Crippen LogP contribution in [0.15, 0.2) is 59.4 Å². The Morgan fingerprint density at radius 3 is 2.45 bits per heavy atom. The predicted molar refractivity (Wildman–Crippen MR) is 171 cm³/mol. The number of ether oxygens (including phenoxy) is 1. The van der Waals surface area contributed by atoms with Crippen molar-refractivity contribution in [3.05, 3.63) is 76.1 Å². The first-order valence-electron chi connectivity index (χ1n) is 15.2. The Hall–Kier alpha value is -2.53. The minimum atomic E-state index is -2.23. The van der Waals surface area contributed by atoms with Gasteiger partial charge in [-0.1, -0.05) is 57.2 Å². The Kier molecular flexibility index (Phi) is 10.7. The second kappa shape index (κ2) is 13.8. The van der Waals surface area contributed by atoms with Crippen molar-refractivity contribution in [3.63, 3.8) is 0 Å². The SMILES string of the molecule is CC(C)(C)[Si](C)(C)OC(CNC(CCCOCc1ccccc1)C1(O)CCNCC1)c1ccc(O)c2[nH]c(=O)ccc12. The molecule has 2 unspecified atom stereocenters. The number of fused-ring (bicyclic) bond motifs is 1. The summed E-state index contributed by atoms with van der Waals surface area (Å²) in [5, 5.41) is 30.2. The number of aromatic nitrogens is 1. The van der Waals surface area contributed by atoms with Crippen molar-refractivity contribution in [3.8, 4) is 5.75 Å². The molecule has 0 spiro atoms. The minimum Gasteiger partial charge on any atom is -0.506 e. The second-order valence-electron chi connectivity index (χ2n) is 13.1. The molecule has 9 heteroatoms. The second-order valence-corrected chi connectivity index (χ2v) is 17.9. The van der Waals surface area contributed by atoms with Gasteiger partial charge in [0.15, 0.2) is 8.32 Å². The van der Waals surface area contributed by atoms with E-state index >= 15 is 0 Å². The minimum absolute atomic E-state index is 0.0188. The molecule has 42 heavy (non-hydrogen) atoms. The van der Waals surface area contributed by atoms with Crippen LogP contribution in [0.2, 0.25) is 18.1 Å². The number of rotatable bonds is 13. The number of phenolic OH excluding ortho intramolecular Hbond substituents is 1. The fraction of sp³-hybridized carbons (Fsp3) is 0.545. The van der Waals surface area contributed by atoms with Crippen molar-refractivity contribution >= 4 is 19.2 Å². The molecule has 2 heterocycles. The fourth-order valence-electron chi connectivity index (χ4n) is 5.46. The molecule has 1 fully saturated rings. The molecule has 0 saturated carbocycles. The van der Waals surface area contributed by atoms with Gasteiger partial charge in [0.25, 0.3) is 0 Å². The molecule has 2 aromatic carbocycles. The number of nitrogens with one attached hydrogen (secondary N) is 3. The monoisotopic (exact) mass is 595 g/mol. The van der Waals surface area contributed by atoms with Gasteiger partial charge in [-0.2, -0.15) is 0 Å². The molecule has 230 valence electrons. The molecule has 4 rings (SSSR count). The zero-order chi connectivity index (χ0) is 30.4. The summed E-state index contributed by atoms with van der Waals surface area (Å²) in [5.74, 6) is 0.0304. The van der Waals surface area contributed by atoms with Gasteiger partial charge in [0.1, 0.15) is 5.75 Å². The van der Waals surface area contributed by atoms with E-state index in [2.05, 4.69) is 61.6 Å². The molecule has 3 aromatic rings. The van der Waals surface area contributed by atoms with Crippen molar-refractivity contribution in [1.29, 1.82) is 0 Å². The summed E-state index contributed by atoms with van der Waals surface area (Å²) in [4.78, 5) is 14.9. The lowest BCUT2D eigenvalue weighted by atomic mass is 9.82. The highest BCUT2D eigenvalue weighted by molar-refractivity contribution is 6.74. The largest absolute Gasteiger partial charge is 0.506 e. The van der Waals surface area contributed by atoms with Gasteiger partial charge in [-0.3, -0.25) is 4.79 Å². The maximum absolute atomic E-state index is 12.1. The summed E-state index contributed by atoms with van der Waals surface area (Å²) in [7, 11) is -2.23. The normalized spacial score (nSPS) is 17.3. The van der Waals surface area contributed by atoms with E-state index in [4.69, 9.17) is 9.16 Å². The molecule has 1 aliphatic rings. The van der Waals surface area contributed by atoms with Gasteiger partial charge in [0.2, 0.25) is 5.56 Å². The predicted octanol–water partition coefficient (Wildman–Crippen LogP) is 5.37. The molecule has 0 amide bonds. The standard InChI is InChI=1S/C33H49N3O5Si/c1-32(2,3)42(4,5)41-28(25-13-15-27(37)31-26(25)14-16-30(38)36-31)22-35-29(33(39)17-19-34-20-18-33)12-9-21-40-23-24-10-7-6-8-11-24/h6-8,10-11,13-16,28-29,34-35,37,39H,9,12,17-23H2,1-5H3,(H,36,38). The number of piperidine rings is 1. The molecule has 0 radical (unpaired) electrons. The van der Waals surface area contributed by atoms with Gasteiger partial charge >= 0.3 is 0 Å². The average Bonchev–Trinajstić information content (AvgIpc) is 2.94. The van der Waals surface area contributed by atoms with Gasteiger partial charge < -0.3 is 35.0 Å². The Labute approximate surface area is 251 Å². The van der Waals surface area contributed by atoms with E-state index in [-0.39, 0.29) is 28.5 Å². The highest BCUT2D eigenvalue weighted by atomic mass is 28.4. The lowest BCUT2D eigenvalue weighted by Crippen LogP contribution is -2.57. The maximum atomic E-state index is 12.1. The van der Waals surface area contributed by atoms with Crippen LogP contribution in [0.1, 0.15) is 63.7 Å². The number of aromatic hydroxyl groups is 1. The van der Waals surface area contributed by atoms with Crippen molar-refractivity contribution in [2.75, 3.05) is 26.2 Å². The quantitative estimate of drug-likeness (QED) is 0.133. The molecular formula is C33H49N3O5Si. The molecule has 5 N–H and O–H groups in total. The lowest BCUT2D eigenvalue weighted by molar-refractivity contribution is -0.0322. The van der Waals surface area contributed by atoms with E-state index in [0.717, 1.165) is 42.4 Å². The van der Waals surface area contributed by atoms with Crippen LogP contribution in [0, 0.1) is 0 Å². The third-order valence-corrected chi connectivity index (χ3v) is 13.5. The number of pyridine rings is 1. The zero-order valence-electron chi connectivity index (χ0n) is 25.8. The van der Waals surface area contributed by atoms with E-state index in [1.54, 1.807) is 12.1 Å². The summed E-state index contributed by atoms with van der Waals surface area (Å²) < 4.78 is 13.0. The van der Waals surface area contributed by atoms with Crippen LogP contribution in [0.25, 0.3) is 10.9 Å². The number of aromatic amines is 1. The van der Waals surface area contributed by atoms with Crippen LogP contribution < -0.4 is 16.2 Å². The Morgan fingerprint density at radius 2 is 1.76 bits per heavy atom. The first-order valence-corrected chi connectivity index (χ1v) is 18.1. The van der Waals surface area contributed by atoms with Crippen LogP contribution >= 0.6 is 0 Å². The van der Waals surface area contributed by atoms with Gasteiger partial charge in [-0.15, -0.1) is 0 Å². The molecule has 0 bridgehead atoms. The van der Waals surface area contributed by atoms with Gasteiger partial charge in [0.05, 0.1) is 23.8 Å². The highest BCUT2D eigenvalue weighted by Crippen LogP contribution is 2.41. The first kappa shape index (κ1) is 32.4. The summed E-state index contributed by atoms with van der Waals surface area (Å²) >= 11 is 0. The molecule has 2 atom stereocenters. The van der Waals surface area contributed by atoms with Crippen molar-refractivity contribution in [2.45, 2.75) is 88.9 Å². The van der Waals surface area contributed by atoms with E-state index in [9.17, 15) is 15.0 Å². The molecular weight excluding hydrogens is 546 g/mol. The summed E-state index contributed by atoms with van der Waals surface area (Å²) in [5.41, 5.74) is 1.36. The number of phenols is 1. The maximum Gasteiger partial charge on any atom is 0.248 e. The third kappa shape index (κ3) is 8.09. The van der Waals surface area contributed by atoms with E-state index in [0.29, 0.717) is 38.1 Å².